The molecule has 0 heterocycles. The summed E-state index contributed by atoms with van der Waals surface area (Å²) in [5.41, 5.74) is 0. The van der Waals surface area contributed by atoms with Crippen LogP contribution in [0.3, 0.4) is 0 Å². The van der Waals surface area contributed by atoms with Gasteiger partial charge in [0.25, 0.3) is 0 Å². The zero-order chi connectivity index (χ0) is 30.8. The quantitative estimate of drug-likeness (QED) is 0.0513. The van der Waals surface area contributed by atoms with Gasteiger partial charge in [0.05, 0.1) is 18.8 Å². The molecule has 1 unspecified atom stereocenters. The van der Waals surface area contributed by atoms with E-state index in [9.17, 15) is 15.0 Å². The Kier molecular flexibility index (Phi) is 33.9. The maximum Gasteiger partial charge on any atom is 0.220 e. The van der Waals surface area contributed by atoms with E-state index in [-0.39, 0.29) is 12.5 Å². The number of carbonyl (C=O) groups is 1. The lowest BCUT2D eigenvalue weighted by molar-refractivity contribution is -0.123. The van der Waals surface area contributed by atoms with E-state index in [2.05, 4.69) is 31.3 Å². The Morgan fingerprint density at radius 1 is 0.548 bits per heavy atom. The fraction of sp³-hybridized carbons (Fsp3) is 0.921. The Morgan fingerprint density at radius 3 is 1.31 bits per heavy atom. The zero-order valence-electron chi connectivity index (χ0n) is 28.5. The number of aliphatic hydroxyl groups excluding tert-OH is 2. The van der Waals surface area contributed by atoms with Crippen LogP contribution in [0.15, 0.2) is 12.2 Å². The predicted octanol–water partition coefficient (Wildman–Crippen LogP) is 11.1. The van der Waals surface area contributed by atoms with Gasteiger partial charge in [0, 0.05) is 6.42 Å². The molecule has 0 aliphatic carbocycles. The Bertz CT molecular complexity index is 565. The maximum atomic E-state index is 12.3. The van der Waals surface area contributed by atoms with E-state index in [1.54, 1.807) is 0 Å². The first-order chi connectivity index (χ1) is 20.7. The molecule has 0 aromatic heterocycles. The highest BCUT2D eigenvalue weighted by atomic mass is 16.3. The van der Waals surface area contributed by atoms with Crippen LogP contribution in [0.25, 0.3) is 0 Å². The normalized spacial score (nSPS) is 13.1. The molecule has 3 N–H and O–H groups in total. The summed E-state index contributed by atoms with van der Waals surface area (Å²) < 4.78 is 0. The minimum atomic E-state index is -0.656. The number of hydrogen-bond donors (Lipinski definition) is 3. The van der Waals surface area contributed by atoms with E-state index in [0.29, 0.717) is 12.8 Å². The molecule has 0 fully saturated rings. The van der Waals surface area contributed by atoms with Crippen LogP contribution in [0.1, 0.15) is 206 Å². The topological polar surface area (TPSA) is 69.6 Å². The van der Waals surface area contributed by atoms with Crippen LogP contribution in [-0.2, 0) is 4.79 Å². The summed E-state index contributed by atoms with van der Waals surface area (Å²) in [5, 5.41) is 23.0. The molecule has 0 aromatic carbocycles. The van der Waals surface area contributed by atoms with Gasteiger partial charge in [-0.15, -0.1) is 0 Å². The molecule has 0 aliphatic heterocycles. The van der Waals surface area contributed by atoms with E-state index in [1.807, 2.05) is 0 Å². The van der Waals surface area contributed by atoms with Crippen molar-refractivity contribution in [2.75, 3.05) is 6.61 Å². The third-order valence-corrected chi connectivity index (χ3v) is 8.78. The second-order valence-corrected chi connectivity index (χ2v) is 13.0. The Balaban J connectivity index is 3.55. The van der Waals surface area contributed by atoms with E-state index in [1.165, 1.54) is 154 Å². The standard InChI is InChI=1S/C38H75NO3/c1-3-5-7-9-11-13-15-17-18-19-20-22-24-26-28-30-32-34-38(42)39-36(35-40)37(41)33-31-29-27-25-23-21-16-14-12-10-8-6-4-2/h17-18,36-37,40-41H,3-16,19-35H2,1-2H3,(H,39,42)/b18-17-/t36-,37?/m0/s1. The highest BCUT2D eigenvalue weighted by Crippen LogP contribution is 2.15. The Morgan fingerprint density at radius 2 is 0.905 bits per heavy atom. The van der Waals surface area contributed by atoms with Crippen LogP contribution in [0, 0.1) is 0 Å². The lowest BCUT2D eigenvalue weighted by Gasteiger charge is -2.22. The number of aliphatic hydroxyl groups is 2. The fourth-order valence-corrected chi connectivity index (χ4v) is 5.82. The van der Waals surface area contributed by atoms with Crippen molar-refractivity contribution < 1.29 is 15.0 Å². The molecular formula is C38H75NO3. The minimum Gasteiger partial charge on any atom is -0.394 e. The van der Waals surface area contributed by atoms with Gasteiger partial charge in [0.2, 0.25) is 5.91 Å². The molecule has 0 bridgehead atoms. The van der Waals surface area contributed by atoms with Gasteiger partial charge in [0.15, 0.2) is 0 Å². The third-order valence-electron chi connectivity index (χ3n) is 8.78. The summed E-state index contributed by atoms with van der Waals surface area (Å²) in [6.07, 6.45) is 41.2. The highest BCUT2D eigenvalue weighted by Gasteiger charge is 2.19. The van der Waals surface area contributed by atoms with Crippen LogP contribution in [-0.4, -0.2) is 34.9 Å². The number of nitrogens with one attached hydrogen (secondary N) is 1. The molecule has 4 heteroatoms. The second-order valence-electron chi connectivity index (χ2n) is 13.0. The molecule has 42 heavy (non-hydrogen) atoms. The SMILES string of the molecule is CCCCCCCC/C=C\CCCCCCCCCC(=O)N[C@@H](CO)C(O)CCCCCCCCCCCCCCC. The van der Waals surface area contributed by atoms with Crippen LogP contribution in [0.2, 0.25) is 0 Å². The van der Waals surface area contributed by atoms with Crippen molar-refractivity contribution in [3.05, 3.63) is 12.2 Å². The number of amides is 1. The van der Waals surface area contributed by atoms with Gasteiger partial charge < -0.3 is 15.5 Å². The lowest BCUT2D eigenvalue weighted by atomic mass is 10.0. The van der Waals surface area contributed by atoms with E-state index >= 15 is 0 Å². The number of hydrogen-bond acceptors (Lipinski definition) is 3. The van der Waals surface area contributed by atoms with Crippen molar-refractivity contribution in [1.29, 1.82) is 0 Å². The minimum absolute atomic E-state index is 0.0359. The van der Waals surface area contributed by atoms with Gasteiger partial charge in [-0.05, 0) is 38.5 Å². The van der Waals surface area contributed by atoms with Crippen molar-refractivity contribution in [3.63, 3.8) is 0 Å². The lowest BCUT2D eigenvalue weighted by Crippen LogP contribution is -2.45. The van der Waals surface area contributed by atoms with Crippen molar-refractivity contribution in [1.82, 2.24) is 5.32 Å². The molecule has 0 spiro atoms. The number of rotatable bonds is 34. The van der Waals surface area contributed by atoms with Gasteiger partial charge in [-0.25, -0.2) is 0 Å². The van der Waals surface area contributed by atoms with Gasteiger partial charge in [-0.1, -0.05) is 174 Å². The molecule has 0 saturated carbocycles. The average Bonchev–Trinajstić information content (AvgIpc) is 2.99. The first-order valence-corrected chi connectivity index (χ1v) is 18.9. The Hall–Kier alpha value is -0.870. The van der Waals surface area contributed by atoms with E-state index in [4.69, 9.17) is 0 Å². The van der Waals surface area contributed by atoms with Gasteiger partial charge in [0.1, 0.15) is 0 Å². The molecule has 2 atom stereocenters. The summed E-state index contributed by atoms with van der Waals surface area (Å²) >= 11 is 0. The summed E-state index contributed by atoms with van der Waals surface area (Å²) in [4.78, 5) is 12.3. The monoisotopic (exact) mass is 594 g/mol. The largest absolute Gasteiger partial charge is 0.394 e. The van der Waals surface area contributed by atoms with Crippen LogP contribution in [0.5, 0.6) is 0 Å². The molecule has 0 rings (SSSR count). The van der Waals surface area contributed by atoms with Gasteiger partial charge in [-0.3, -0.25) is 4.79 Å². The van der Waals surface area contributed by atoms with Crippen molar-refractivity contribution in [2.45, 2.75) is 219 Å². The van der Waals surface area contributed by atoms with Crippen molar-refractivity contribution in [2.24, 2.45) is 0 Å². The number of unbranched alkanes of at least 4 members (excludes halogenated alkanes) is 25. The highest BCUT2D eigenvalue weighted by molar-refractivity contribution is 5.76. The van der Waals surface area contributed by atoms with Crippen molar-refractivity contribution in [3.8, 4) is 0 Å². The molecule has 4 nitrogen and oxygen atoms in total. The average molecular weight is 594 g/mol. The van der Waals surface area contributed by atoms with Crippen LogP contribution < -0.4 is 5.32 Å². The number of allylic oxidation sites excluding steroid dienone is 2. The predicted molar refractivity (Wildman–Crippen MR) is 184 cm³/mol. The summed E-state index contributed by atoms with van der Waals surface area (Å²) in [6.45, 7) is 4.35. The Labute approximate surface area is 263 Å². The van der Waals surface area contributed by atoms with Crippen molar-refractivity contribution >= 4 is 5.91 Å². The van der Waals surface area contributed by atoms with Crippen LogP contribution in [0.4, 0.5) is 0 Å². The first kappa shape index (κ1) is 41.1. The van der Waals surface area contributed by atoms with Gasteiger partial charge >= 0.3 is 0 Å². The molecule has 250 valence electrons. The molecule has 0 aromatic rings. The summed E-state index contributed by atoms with van der Waals surface area (Å²) in [7, 11) is 0. The molecule has 0 saturated heterocycles. The molecular weight excluding hydrogens is 518 g/mol. The van der Waals surface area contributed by atoms with E-state index in [0.717, 1.165) is 25.7 Å². The van der Waals surface area contributed by atoms with Gasteiger partial charge in [-0.2, -0.15) is 0 Å². The smallest absolute Gasteiger partial charge is 0.220 e. The third kappa shape index (κ3) is 30.6. The number of carbonyl (C=O) groups excluding carboxylic acids is 1. The second kappa shape index (κ2) is 34.6. The zero-order valence-corrected chi connectivity index (χ0v) is 28.5. The first-order valence-electron chi connectivity index (χ1n) is 18.9. The molecule has 0 radical (unpaired) electrons. The fourth-order valence-electron chi connectivity index (χ4n) is 5.82. The van der Waals surface area contributed by atoms with E-state index < -0.39 is 12.1 Å². The van der Waals surface area contributed by atoms with Crippen LogP contribution >= 0.6 is 0 Å². The summed E-state index contributed by atoms with van der Waals surface area (Å²) in [5.74, 6) is -0.0359. The maximum absolute atomic E-state index is 12.3. The molecule has 0 aliphatic rings. The summed E-state index contributed by atoms with van der Waals surface area (Å²) in [6, 6.07) is -0.533. The molecule has 1 amide bonds.